The van der Waals surface area contributed by atoms with E-state index in [4.69, 9.17) is 24.4 Å². The van der Waals surface area contributed by atoms with Crippen molar-refractivity contribution < 1.29 is 30.0 Å². The predicted molar refractivity (Wildman–Crippen MR) is 198 cm³/mol. The summed E-state index contributed by atoms with van der Waals surface area (Å²) in [6.45, 7) is 0. The molecule has 0 fully saturated rings. The van der Waals surface area contributed by atoms with E-state index in [0.717, 1.165) is 67.2 Å². The summed E-state index contributed by atoms with van der Waals surface area (Å²) >= 11 is 0. The number of nitrogens with one attached hydrogen (secondary N) is 1. The topological polar surface area (TPSA) is 174 Å². The van der Waals surface area contributed by atoms with Crippen LogP contribution in [0.2, 0.25) is 0 Å². The molecule has 0 saturated heterocycles. The highest BCUT2D eigenvalue weighted by molar-refractivity contribution is 5.89. The first-order chi connectivity index (χ1) is 24.8. The lowest BCUT2D eigenvalue weighted by Crippen LogP contribution is -2.35. The van der Waals surface area contributed by atoms with E-state index >= 15 is 0 Å². The molecule has 7 aromatic rings. The fourth-order valence-electron chi connectivity index (χ4n) is 5.76. The molecule has 9 rings (SSSR count). The first-order valence-corrected chi connectivity index (χ1v) is 16.0. The molecule has 6 aromatic carbocycles. The zero-order chi connectivity index (χ0) is 35.7. The van der Waals surface area contributed by atoms with Gasteiger partial charge in [-0.15, -0.1) is 0 Å². The molecular formula is C41H36N4O6+2. The second kappa shape index (κ2) is 15.5. The average Bonchev–Trinajstić information content (AvgIpc) is 3.14. The minimum absolute atomic E-state index is 0. The molecule has 0 spiro atoms. The number of aliphatic hydroxyl groups is 1. The molecule has 10 heteroatoms. The third-order valence-electron chi connectivity index (χ3n) is 7.98. The lowest BCUT2D eigenvalue weighted by molar-refractivity contribution is 0.203. The Morgan fingerprint density at radius 2 is 0.882 bits per heavy atom. The van der Waals surface area contributed by atoms with Crippen molar-refractivity contribution in [1.82, 2.24) is 5.32 Å². The maximum absolute atomic E-state index is 11.2. The summed E-state index contributed by atoms with van der Waals surface area (Å²) in [5, 5.41) is 15.2. The molecule has 2 aliphatic rings. The first-order valence-electron chi connectivity index (χ1n) is 16.0. The Morgan fingerprint density at radius 3 is 1.29 bits per heavy atom. The largest absolute Gasteiger partial charge is 1.00 e. The molecular weight excluding hydrogens is 644 g/mol. The second-order valence-electron chi connectivity index (χ2n) is 11.4. The summed E-state index contributed by atoms with van der Waals surface area (Å²) in [5.41, 5.74) is 19.1. The lowest BCUT2D eigenvalue weighted by Gasteiger charge is -2.28. The second-order valence-corrected chi connectivity index (χ2v) is 11.4. The van der Waals surface area contributed by atoms with Crippen molar-refractivity contribution in [3.63, 3.8) is 0 Å². The number of rotatable bonds is 1. The number of aliphatic hydroxyl groups excluding tert-OH is 1. The molecule has 0 bridgehead atoms. The van der Waals surface area contributed by atoms with Gasteiger partial charge in [0.05, 0.1) is 16.8 Å². The third-order valence-corrected chi connectivity index (χ3v) is 7.98. The van der Waals surface area contributed by atoms with Crippen LogP contribution in [0.1, 0.15) is 35.8 Å². The molecule has 0 saturated carbocycles. The number of nitrogens with two attached hydrogens (primary N) is 3. The molecule has 0 aliphatic carbocycles. The molecule has 0 unspecified atom stereocenters. The van der Waals surface area contributed by atoms with Gasteiger partial charge < -0.3 is 37.1 Å². The summed E-state index contributed by atoms with van der Waals surface area (Å²) in [5.74, 6) is 2.97. The number of benzene rings is 6. The number of carbonyl (C=O) groups is 2. The average molecular weight is 681 g/mol. The van der Waals surface area contributed by atoms with E-state index in [-0.39, 0.29) is 7.47 Å². The van der Waals surface area contributed by atoms with Crippen molar-refractivity contribution in [2.45, 2.75) is 12.1 Å². The molecule has 8 N–H and O–H groups in total. The molecule has 10 nitrogen and oxygen atoms in total. The van der Waals surface area contributed by atoms with Crippen LogP contribution in [-0.2, 0) is 0 Å². The predicted octanol–water partition coefficient (Wildman–Crippen LogP) is 8.43. The standard InChI is InChI=1S/C14H12N2O2.C13H10O2.C13H9O.CH4N2O/c15-14(17)16-13-9-5-1-3-7-11(9)18-12-8-4-2-6-10(12)13;14-13-9-5-1-3-7-11(9)15-12-8-4-2-6-10(12)13;1-3-7-12-10(5-1)9-11-6-2-4-8-13(11)14-12;2-1(3)4/h1-8,13H,(H3,15,16,17);1-8,13-14H;1-9H;(H4,2,3,4)/q;;+1;/p+1. The molecule has 0 atom stereocenters. The van der Waals surface area contributed by atoms with Gasteiger partial charge in [0.25, 0.3) is 0 Å². The van der Waals surface area contributed by atoms with Crippen molar-refractivity contribution in [2.24, 2.45) is 17.2 Å². The van der Waals surface area contributed by atoms with E-state index in [1.807, 2.05) is 133 Å². The van der Waals surface area contributed by atoms with Crippen molar-refractivity contribution in [3.05, 3.63) is 174 Å². The highest BCUT2D eigenvalue weighted by atomic mass is 16.5. The van der Waals surface area contributed by atoms with Crippen LogP contribution in [0.4, 0.5) is 9.59 Å². The normalized spacial score (nSPS) is 12.2. The number of carbonyl (C=O) groups excluding carboxylic acids is 2. The molecule has 2 aliphatic heterocycles. The van der Waals surface area contributed by atoms with Crippen LogP contribution < -0.4 is 32.0 Å². The molecule has 51 heavy (non-hydrogen) atoms. The van der Waals surface area contributed by atoms with Crippen LogP contribution in [0.5, 0.6) is 23.0 Å². The van der Waals surface area contributed by atoms with Gasteiger partial charge >= 0.3 is 24.7 Å². The summed E-state index contributed by atoms with van der Waals surface area (Å²) in [6.07, 6.45) is -0.578. The third kappa shape index (κ3) is 8.05. The van der Waals surface area contributed by atoms with E-state index < -0.39 is 18.2 Å². The summed E-state index contributed by atoms with van der Waals surface area (Å²) < 4.78 is 17.2. The number of fused-ring (bicyclic) bond motifs is 6. The Labute approximate surface area is 295 Å². The van der Waals surface area contributed by atoms with Crippen molar-refractivity contribution in [3.8, 4) is 23.0 Å². The Morgan fingerprint density at radius 1 is 0.549 bits per heavy atom. The van der Waals surface area contributed by atoms with Crippen LogP contribution >= 0.6 is 0 Å². The minimum Gasteiger partial charge on any atom is -0.457 e. The van der Waals surface area contributed by atoms with Gasteiger partial charge in [-0.05, 0) is 42.5 Å². The highest BCUT2D eigenvalue weighted by Crippen LogP contribution is 2.43. The van der Waals surface area contributed by atoms with Crippen LogP contribution in [0, 0.1) is 0 Å². The van der Waals surface area contributed by atoms with Gasteiger partial charge in [0.15, 0.2) is 0 Å². The van der Waals surface area contributed by atoms with E-state index in [2.05, 4.69) is 35.0 Å². The number of hydrogen-bond acceptors (Lipinski definition) is 5. The molecule has 3 heterocycles. The molecule has 0 radical (unpaired) electrons. The number of hydrogen-bond donors (Lipinski definition) is 5. The van der Waals surface area contributed by atoms with E-state index in [1.54, 1.807) is 0 Å². The monoisotopic (exact) mass is 680 g/mol. The molecule has 4 amide bonds. The van der Waals surface area contributed by atoms with E-state index in [0.29, 0.717) is 0 Å². The van der Waals surface area contributed by atoms with E-state index in [1.165, 1.54) is 0 Å². The fourth-order valence-corrected chi connectivity index (χ4v) is 5.76. The fraction of sp³-hybridized carbons (Fsp3) is 0.0488. The Kier molecular flexibility index (Phi) is 10.4. The number of para-hydroxylation sites is 6. The summed E-state index contributed by atoms with van der Waals surface area (Å²) in [4.78, 5) is 20.2. The summed E-state index contributed by atoms with van der Waals surface area (Å²) in [6, 6.07) is 46.9. The maximum atomic E-state index is 11.2. The van der Waals surface area contributed by atoms with Crippen LogP contribution in [0.3, 0.4) is 0 Å². The number of amides is 4. The maximum Gasteiger partial charge on any atom is 1.00 e. The van der Waals surface area contributed by atoms with Gasteiger partial charge in [-0.3, -0.25) is 0 Å². The van der Waals surface area contributed by atoms with Crippen LogP contribution in [0.15, 0.2) is 156 Å². The Hall–Kier alpha value is -6.91. The van der Waals surface area contributed by atoms with Crippen LogP contribution in [-0.4, -0.2) is 17.2 Å². The van der Waals surface area contributed by atoms with Gasteiger partial charge in [0.2, 0.25) is 0 Å². The van der Waals surface area contributed by atoms with Gasteiger partial charge in [-0.25, -0.2) is 14.0 Å². The van der Waals surface area contributed by atoms with Crippen molar-refractivity contribution in [2.75, 3.05) is 0 Å². The first kappa shape index (κ1) is 34.0. The van der Waals surface area contributed by atoms with Gasteiger partial charge in [0.1, 0.15) is 29.1 Å². The van der Waals surface area contributed by atoms with Gasteiger partial charge in [-0.1, -0.05) is 97.1 Å². The zero-order valence-electron chi connectivity index (χ0n) is 28.3. The Bertz CT molecular complexity index is 2140. The smallest absolute Gasteiger partial charge is 0.457 e. The van der Waals surface area contributed by atoms with Crippen molar-refractivity contribution >= 4 is 34.0 Å². The zero-order valence-corrected chi connectivity index (χ0v) is 27.3. The summed E-state index contributed by atoms with van der Waals surface area (Å²) in [7, 11) is 0. The lowest BCUT2D eigenvalue weighted by atomic mass is 9.95. The highest BCUT2D eigenvalue weighted by Gasteiger charge is 2.27. The quantitative estimate of drug-likeness (QED) is 0.0859. The number of primary amides is 3. The van der Waals surface area contributed by atoms with Crippen molar-refractivity contribution in [1.29, 1.82) is 0 Å². The molecule has 254 valence electrons. The van der Waals surface area contributed by atoms with Gasteiger partial charge in [-0.2, -0.15) is 0 Å². The SMILES string of the molecule is NC(=O)NC1c2ccccc2Oc2ccccc21.NC(N)=O.OC1c2ccccc2Oc2ccccc21.[H+].c1ccc2[o+]c3ccccc3cc2c1. The number of ether oxygens (including phenoxy) is 2. The van der Waals surface area contributed by atoms with Gasteiger partial charge in [0, 0.05) is 34.4 Å². The number of urea groups is 2. The minimum atomic E-state index is -0.833. The van der Waals surface area contributed by atoms with E-state index in [9.17, 15) is 9.90 Å². The van der Waals surface area contributed by atoms with Crippen LogP contribution in [0.25, 0.3) is 21.9 Å². The molecule has 1 aromatic heterocycles. The Balaban J connectivity index is 0.000000143.